The molecule has 0 aliphatic heterocycles. The molecule has 0 saturated heterocycles. The molecule has 0 bridgehead atoms. The summed E-state index contributed by atoms with van der Waals surface area (Å²) in [5.74, 6) is -0.896. The summed E-state index contributed by atoms with van der Waals surface area (Å²) in [6.07, 6.45) is 52.6. The van der Waals surface area contributed by atoms with Crippen molar-refractivity contribution in [1.82, 2.24) is 0 Å². The van der Waals surface area contributed by atoms with Crippen molar-refractivity contribution in [3.8, 4) is 0 Å². The minimum atomic E-state index is -0.777. The maximum atomic E-state index is 12.7. The SMILES string of the molecule is CCCC/C=C\CCCCCCCC(=O)O[C@H](COC(=O)CCCCCCC/C=C\C/C=C\CCCCC)COC(=O)CCCCCCCCCCCCCCC. The molecule has 0 saturated carbocycles. The minimum absolute atomic E-state index is 0.0776. The number of allylic oxidation sites excluding steroid dienone is 6. The first-order chi connectivity index (χ1) is 28.0. The number of esters is 3. The van der Waals surface area contributed by atoms with Crippen LogP contribution in [0.4, 0.5) is 0 Å². The number of carbonyl (C=O) groups excluding carboxylic acids is 3. The first kappa shape index (κ1) is 54.6. The van der Waals surface area contributed by atoms with E-state index in [4.69, 9.17) is 14.2 Å². The van der Waals surface area contributed by atoms with Crippen LogP contribution in [0.15, 0.2) is 36.5 Å². The van der Waals surface area contributed by atoms with Crippen LogP contribution >= 0.6 is 0 Å². The largest absolute Gasteiger partial charge is 0.462 e. The molecule has 332 valence electrons. The highest BCUT2D eigenvalue weighted by Crippen LogP contribution is 2.15. The molecule has 0 radical (unpaired) electrons. The van der Waals surface area contributed by atoms with Gasteiger partial charge in [-0.3, -0.25) is 14.4 Å². The summed E-state index contributed by atoms with van der Waals surface area (Å²) in [5, 5.41) is 0. The molecule has 0 aliphatic rings. The van der Waals surface area contributed by atoms with Gasteiger partial charge in [-0.1, -0.05) is 198 Å². The van der Waals surface area contributed by atoms with Crippen molar-refractivity contribution in [3.05, 3.63) is 36.5 Å². The summed E-state index contributed by atoms with van der Waals surface area (Å²) in [6.45, 7) is 6.56. The quantitative estimate of drug-likeness (QED) is 0.0264. The average molecular weight is 801 g/mol. The third-order valence-corrected chi connectivity index (χ3v) is 10.6. The molecule has 0 N–H and O–H groups in total. The predicted molar refractivity (Wildman–Crippen MR) is 242 cm³/mol. The Kier molecular flexibility index (Phi) is 44.4. The Morgan fingerprint density at radius 3 is 1.07 bits per heavy atom. The van der Waals surface area contributed by atoms with Gasteiger partial charge in [-0.2, -0.15) is 0 Å². The van der Waals surface area contributed by atoms with E-state index in [0.29, 0.717) is 19.3 Å². The van der Waals surface area contributed by atoms with Gasteiger partial charge in [0.2, 0.25) is 0 Å². The highest BCUT2D eigenvalue weighted by atomic mass is 16.6. The molecule has 0 aliphatic carbocycles. The maximum Gasteiger partial charge on any atom is 0.306 e. The van der Waals surface area contributed by atoms with Crippen LogP contribution in [-0.4, -0.2) is 37.2 Å². The Morgan fingerprint density at radius 1 is 0.351 bits per heavy atom. The molecular weight excluding hydrogens is 709 g/mol. The number of hydrogen-bond acceptors (Lipinski definition) is 6. The molecule has 0 fully saturated rings. The fourth-order valence-corrected chi connectivity index (χ4v) is 6.86. The number of hydrogen-bond donors (Lipinski definition) is 0. The van der Waals surface area contributed by atoms with Gasteiger partial charge < -0.3 is 14.2 Å². The van der Waals surface area contributed by atoms with Crippen LogP contribution in [0.5, 0.6) is 0 Å². The standard InChI is InChI=1S/C51H92O6/c1-4-7-10-13-16-19-22-24-25-27-30-32-35-38-41-44-50(53)56-47-48(57-51(54)45-42-39-36-33-28-21-18-15-12-9-6-3)46-55-49(52)43-40-37-34-31-29-26-23-20-17-14-11-8-5-2/h15-16,18-19,24-25,48H,4-14,17,20-23,26-47H2,1-3H3/b18-15-,19-16-,25-24-/t48-/m0/s1. The molecule has 6 heteroatoms. The normalized spacial score (nSPS) is 12.3. The summed E-state index contributed by atoms with van der Waals surface area (Å²) in [4.78, 5) is 37.8. The van der Waals surface area contributed by atoms with E-state index in [2.05, 4.69) is 57.2 Å². The zero-order valence-electron chi connectivity index (χ0n) is 37.9. The molecule has 0 spiro atoms. The van der Waals surface area contributed by atoms with Gasteiger partial charge in [0, 0.05) is 19.3 Å². The Bertz CT molecular complexity index is 969. The van der Waals surface area contributed by atoms with E-state index in [1.165, 1.54) is 122 Å². The van der Waals surface area contributed by atoms with Crippen molar-refractivity contribution in [1.29, 1.82) is 0 Å². The lowest BCUT2D eigenvalue weighted by Crippen LogP contribution is -2.30. The molecular formula is C51H92O6. The lowest BCUT2D eigenvalue weighted by molar-refractivity contribution is -0.167. The maximum absolute atomic E-state index is 12.7. The van der Waals surface area contributed by atoms with Gasteiger partial charge in [0.15, 0.2) is 6.10 Å². The fourth-order valence-electron chi connectivity index (χ4n) is 6.86. The molecule has 0 aromatic heterocycles. The van der Waals surface area contributed by atoms with Gasteiger partial charge in [0.25, 0.3) is 0 Å². The highest BCUT2D eigenvalue weighted by Gasteiger charge is 2.19. The van der Waals surface area contributed by atoms with E-state index < -0.39 is 6.10 Å². The van der Waals surface area contributed by atoms with Crippen molar-refractivity contribution < 1.29 is 28.6 Å². The Morgan fingerprint density at radius 2 is 0.649 bits per heavy atom. The van der Waals surface area contributed by atoms with E-state index in [-0.39, 0.29) is 31.1 Å². The third kappa shape index (κ3) is 44.6. The second kappa shape index (κ2) is 46.3. The number of ether oxygens (including phenoxy) is 3. The van der Waals surface area contributed by atoms with Gasteiger partial charge >= 0.3 is 17.9 Å². The van der Waals surface area contributed by atoms with Crippen molar-refractivity contribution in [2.24, 2.45) is 0 Å². The van der Waals surface area contributed by atoms with E-state index in [1.807, 2.05) is 0 Å². The zero-order valence-corrected chi connectivity index (χ0v) is 37.9. The van der Waals surface area contributed by atoms with Crippen molar-refractivity contribution >= 4 is 17.9 Å². The van der Waals surface area contributed by atoms with Crippen molar-refractivity contribution in [2.45, 2.75) is 258 Å². The lowest BCUT2D eigenvalue weighted by Gasteiger charge is -2.18. The third-order valence-electron chi connectivity index (χ3n) is 10.6. The predicted octanol–water partition coefficient (Wildman–Crippen LogP) is 15.8. The van der Waals surface area contributed by atoms with E-state index >= 15 is 0 Å². The summed E-state index contributed by atoms with van der Waals surface area (Å²) in [6, 6.07) is 0. The Hall–Kier alpha value is -2.37. The van der Waals surface area contributed by atoms with Crippen LogP contribution in [0.2, 0.25) is 0 Å². The van der Waals surface area contributed by atoms with E-state index in [9.17, 15) is 14.4 Å². The van der Waals surface area contributed by atoms with Crippen molar-refractivity contribution in [3.63, 3.8) is 0 Å². The smallest absolute Gasteiger partial charge is 0.306 e. The van der Waals surface area contributed by atoms with Crippen LogP contribution < -0.4 is 0 Å². The summed E-state index contributed by atoms with van der Waals surface area (Å²) >= 11 is 0. The summed E-state index contributed by atoms with van der Waals surface area (Å²) in [5.41, 5.74) is 0. The van der Waals surface area contributed by atoms with Crippen LogP contribution in [0.3, 0.4) is 0 Å². The Labute approximate surface area is 353 Å². The zero-order chi connectivity index (χ0) is 41.5. The summed E-state index contributed by atoms with van der Waals surface area (Å²) < 4.78 is 16.7. The molecule has 0 aromatic rings. The van der Waals surface area contributed by atoms with Crippen LogP contribution in [0.25, 0.3) is 0 Å². The van der Waals surface area contributed by atoms with E-state index in [0.717, 1.165) is 89.9 Å². The average Bonchev–Trinajstić information content (AvgIpc) is 3.21. The first-order valence-corrected chi connectivity index (χ1v) is 24.5. The van der Waals surface area contributed by atoms with Gasteiger partial charge in [0.05, 0.1) is 0 Å². The molecule has 57 heavy (non-hydrogen) atoms. The molecule has 0 amide bonds. The van der Waals surface area contributed by atoms with Crippen molar-refractivity contribution in [2.75, 3.05) is 13.2 Å². The first-order valence-electron chi connectivity index (χ1n) is 24.5. The topological polar surface area (TPSA) is 78.9 Å². The van der Waals surface area contributed by atoms with Gasteiger partial charge in [0.1, 0.15) is 13.2 Å². The fraction of sp³-hybridized carbons (Fsp3) is 0.824. The van der Waals surface area contributed by atoms with Gasteiger partial charge in [-0.25, -0.2) is 0 Å². The summed E-state index contributed by atoms with van der Waals surface area (Å²) in [7, 11) is 0. The van der Waals surface area contributed by atoms with Crippen LogP contribution in [0.1, 0.15) is 252 Å². The Balaban J connectivity index is 4.37. The molecule has 0 unspecified atom stereocenters. The monoisotopic (exact) mass is 801 g/mol. The second-order valence-corrected chi connectivity index (χ2v) is 16.4. The highest BCUT2D eigenvalue weighted by molar-refractivity contribution is 5.71. The molecule has 0 heterocycles. The van der Waals surface area contributed by atoms with Crippen LogP contribution in [-0.2, 0) is 28.6 Å². The van der Waals surface area contributed by atoms with Crippen LogP contribution in [0, 0.1) is 0 Å². The number of carbonyl (C=O) groups is 3. The second-order valence-electron chi connectivity index (χ2n) is 16.4. The molecule has 0 aromatic carbocycles. The minimum Gasteiger partial charge on any atom is -0.462 e. The number of rotatable bonds is 44. The van der Waals surface area contributed by atoms with Gasteiger partial charge in [-0.15, -0.1) is 0 Å². The molecule has 1 atom stereocenters. The molecule has 0 rings (SSSR count). The lowest BCUT2D eigenvalue weighted by atomic mass is 10.0. The van der Waals surface area contributed by atoms with Gasteiger partial charge in [-0.05, 0) is 70.6 Å². The van der Waals surface area contributed by atoms with E-state index in [1.54, 1.807) is 0 Å². The molecule has 6 nitrogen and oxygen atoms in total. The number of unbranched alkanes of at least 4 members (excludes halogenated alkanes) is 27.